The van der Waals surface area contributed by atoms with Crippen molar-refractivity contribution in [2.24, 2.45) is 0 Å². The highest BCUT2D eigenvalue weighted by Crippen LogP contribution is 2.22. The summed E-state index contributed by atoms with van der Waals surface area (Å²) in [5.74, 6) is 0.301. The van der Waals surface area contributed by atoms with E-state index in [1.54, 1.807) is 12.1 Å². The third-order valence-corrected chi connectivity index (χ3v) is 5.90. The molecule has 0 aliphatic rings. The van der Waals surface area contributed by atoms with E-state index in [4.69, 9.17) is 16.3 Å². The number of rotatable bonds is 8. The van der Waals surface area contributed by atoms with Crippen LogP contribution in [0.1, 0.15) is 18.9 Å². The van der Waals surface area contributed by atoms with E-state index < -0.39 is 15.9 Å². The number of carbonyl (C=O) groups is 1. The van der Waals surface area contributed by atoms with Gasteiger partial charge in [0.2, 0.25) is 15.9 Å². The number of amides is 1. The van der Waals surface area contributed by atoms with E-state index in [-0.39, 0.29) is 11.4 Å². The van der Waals surface area contributed by atoms with Crippen molar-refractivity contribution in [1.82, 2.24) is 4.31 Å². The lowest BCUT2D eigenvalue weighted by molar-refractivity contribution is -0.116. The second kappa shape index (κ2) is 9.21. The van der Waals surface area contributed by atoms with Gasteiger partial charge in [-0.3, -0.25) is 4.79 Å². The van der Waals surface area contributed by atoms with Crippen molar-refractivity contribution in [2.75, 3.05) is 25.5 Å². The fraction of sp³-hybridized carbons (Fsp3) is 0.316. The van der Waals surface area contributed by atoms with Crippen LogP contribution in [0.5, 0.6) is 5.75 Å². The van der Waals surface area contributed by atoms with E-state index in [0.717, 1.165) is 22.0 Å². The standard InChI is InChI=1S/C19H23ClN2O4S/c1-4-11-26-16-7-10-18(14(2)12-16)21-19(23)13-22(3)27(24,25)17-8-5-15(20)6-9-17/h5-10,12H,4,11,13H2,1-3H3,(H,21,23). The van der Waals surface area contributed by atoms with Gasteiger partial charge in [-0.25, -0.2) is 8.42 Å². The first-order valence-electron chi connectivity index (χ1n) is 8.49. The summed E-state index contributed by atoms with van der Waals surface area (Å²) < 4.78 is 31.6. The van der Waals surface area contributed by atoms with Crippen LogP contribution in [0.15, 0.2) is 47.4 Å². The van der Waals surface area contributed by atoms with Gasteiger partial charge in [0.05, 0.1) is 18.0 Å². The van der Waals surface area contributed by atoms with Crippen LogP contribution in [0.25, 0.3) is 0 Å². The second-order valence-corrected chi connectivity index (χ2v) is 8.57. The van der Waals surface area contributed by atoms with E-state index >= 15 is 0 Å². The summed E-state index contributed by atoms with van der Waals surface area (Å²) in [5.41, 5.74) is 1.45. The van der Waals surface area contributed by atoms with Gasteiger partial charge in [-0.15, -0.1) is 0 Å². The minimum atomic E-state index is -3.78. The Balaban J connectivity index is 2.03. The zero-order valence-corrected chi connectivity index (χ0v) is 17.1. The molecular formula is C19H23ClN2O4S. The molecule has 1 amide bonds. The minimum absolute atomic E-state index is 0.0795. The molecule has 0 heterocycles. The zero-order chi connectivity index (χ0) is 20.0. The van der Waals surface area contributed by atoms with E-state index in [9.17, 15) is 13.2 Å². The Morgan fingerprint density at radius 2 is 1.85 bits per heavy atom. The van der Waals surface area contributed by atoms with Crippen molar-refractivity contribution in [2.45, 2.75) is 25.2 Å². The Hall–Kier alpha value is -2.09. The first-order valence-corrected chi connectivity index (χ1v) is 10.3. The van der Waals surface area contributed by atoms with Gasteiger partial charge in [0.25, 0.3) is 0 Å². The number of benzene rings is 2. The average molecular weight is 411 g/mol. The third-order valence-electron chi connectivity index (χ3n) is 3.83. The van der Waals surface area contributed by atoms with Crippen molar-refractivity contribution in [3.05, 3.63) is 53.1 Å². The first-order chi connectivity index (χ1) is 12.7. The summed E-state index contributed by atoms with van der Waals surface area (Å²) in [6.07, 6.45) is 0.909. The van der Waals surface area contributed by atoms with E-state index in [2.05, 4.69) is 5.32 Å². The van der Waals surface area contributed by atoms with Crippen molar-refractivity contribution in [1.29, 1.82) is 0 Å². The molecule has 0 spiro atoms. The maximum absolute atomic E-state index is 12.5. The van der Waals surface area contributed by atoms with Crippen LogP contribution in [-0.4, -0.2) is 38.8 Å². The van der Waals surface area contributed by atoms with Gasteiger partial charge < -0.3 is 10.1 Å². The molecule has 0 radical (unpaired) electrons. The summed E-state index contributed by atoms with van der Waals surface area (Å²) in [6, 6.07) is 11.1. The molecule has 146 valence electrons. The highest BCUT2D eigenvalue weighted by atomic mass is 35.5. The molecule has 2 aromatic rings. The minimum Gasteiger partial charge on any atom is -0.494 e. The summed E-state index contributed by atoms with van der Waals surface area (Å²) in [6.45, 7) is 4.19. The Morgan fingerprint density at radius 1 is 1.19 bits per heavy atom. The Labute approximate surface area is 165 Å². The van der Waals surface area contributed by atoms with Crippen LogP contribution in [0.4, 0.5) is 5.69 Å². The number of carbonyl (C=O) groups excluding carboxylic acids is 1. The number of hydrogen-bond acceptors (Lipinski definition) is 4. The predicted octanol–water partition coefficient (Wildman–Crippen LogP) is 3.70. The molecule has 1 N–H and O–H groups in total. The number of hydrogen-bond donors (Lipinski definition) is 1. The zero-order valence-electron chi connectivity index (χ0n) is 15.5. The molecule has 27 heavy (non-hydrogen) atoms. The number of likely N-dealkylation sites (N-methyl/N-ethyl adjacent to an activating group) is 1. The summed E-state index contributed by atoms with van der Waals surface area (Å²) >= 11 is 5.79. The molecule has 0 bridgehead atoms. The van der Waals surface area contributed by atoms with Gasteiger partial charge in [-0.2, -0.15) is 4.31 Å². The molecule has 0 aliphatic heterocycles. The quantitative estimate of drug-likeness (QED) is 0.720. The van der Waals surface area contributed by atoms with Crippen LogP contribution in [0, 0.1) is 6.92 Å². The van der Waals surface area contributed by atoms with Gasteiger partial charge in [0, 0.05) is 17.8 Å². The van der Waals surface area contributed by atoms with Crippen molar-refractivity contribution < 1.29 is 17.9 Å². The Bertz CT molecular complexity index is 898. The molecule has 0 aromatic heterocycles. The van der Waals surface area contributed by atoms with Gasteiger partial charge in [0.15, 0.2) is 0 Å². The molecular weight excluding hydrogens is 388 g/mol. The molecule has 0 atom stereocenters. The number of nitrogens with zero attached hydrogens (tertiary/aromatic N) is 1. The molecule has 0 aliphatic carbocycles. The van der Waals surface area contributed by atoms with Gasteiger partial charge in [-0.1, -0.05) is 18.5 Å². The molecule has 2 rings (SSSR count). The number of anilines is 1. The highest BCUT2D eigenvalue weighted by molar-refractivity contribution is 7.89. The average Bonchev–Trinajstić information content (AvgIpc) is 2.62. The smallest absolute Gasteiger partial charge is 0.243 e. The predicted molar refractivity (Wildman–Crippen MR) is 107 cm³/mol. The third kappa shape index (κ3) is 5.69. The lowest BCUT2D eigenvalue weighted by Gasteiger charge is -2.17. The number of halogens is 1. The lowest BCUT2D eigenvalue weighted by Crippen LogP contribution is -2.35. The molecule has 0 saturated heterocycles. The van der Waals surface area contributed by atoms with Gasteiger partial charge >= 0.3 is 0 Å². The number of sulfonamides is 1. The first kappa shape index (κ1) is 21.2. The second-order valence-electron chi connectivity index (χ2n) is 6.09. The molecule has 8 heteroatoms. The SMILES string of the molecule is CCCOc1ccc(NC(=O)CN(C)S(=O)(=O)c2ccc(Cl)cc2)c(C)c1. The molecule has 2 aromatic carbocycles. The Kier molecular flexibility index (Phi) is 7.24. The monoisotopic (exact) mass is 410 g/mol. The summed E-state index contributed by atoms with van der Waals surface area (Å²) in [5, 5.41) is 3.18. The fourth-order valence-corrected chi connectivity index (χ4v) is 3.60. The van der Waals surface area contributed by atoms with Crippen molar-refractivity contribution in [3.63, 3.8) is 0 Å². The van der Waals surface area contributed by atoms with E-state index in [1.807, 2.05) is 19.9 Å². The summed E-state index contributed by atoms with van der Waals surface area (Å²) in [7, 11) is -2.42. The topological polar surface area (TPSA) is 75.7 Å². The van der Waals surface area contributed by atoms with E-state index in [1.165, 1.54) is 31.3 Å². The molecule has 6 nitrogen and oxygen atoms in total. The lowest BCUT2D eigenvalue weighted by atomic mass is 10.2. The maximum Gasteiger partial charge on any atom is 0.243 e. The number of aryl methyl sites for hydroxylation is 1. The molecule has 0 fully saturated rings. The van der Waals surface area contributed by atoms with E-state index in [0.29, 0.717) is 17.3 Å². The highest BCUT2D eigenvalue weighted by Gasteiger charge is 2.23. The van der Waals surface area contributed by atoms with Gasteiger partial charge in [0.1, 0.15) is 5.75 Å². The van der Waals surface area contributed by atoms with Crippen molar-refractivity contribution >= 4 is 33.2 Å². The number of nitrogens with one attached hydrogen (secondary N) is 1. The van der Waals surface area contributed by atoms with Gasteiger partial charge in [-0.05, 0) is 61.4 Å². The normalized spacial score (nSPS) is 11.4. The summed E-state index contributed by atoms with van der Waals surface area (Å²) in [4.78, 5) is 12.4. The van der Waals surface area contributed by atoms with Crippen molar-refractivity contribution in [3.8, 4) is 5.75 Å². The largest absolute Gasteiger partial charge is 0.494 e. The van der Waals surface area contributed by atoms with Crippen LogP contribution in [0.3, 0.4) is 0 Å². The Morgan fingerprint density at radius 3 is 2.44 bits per heavy atom. The fourth-order valence-electron chi connectivity index (χ4n) is 2.35. The van der Waals surface area contributed by atoms with Crippen LogP contribution >= 0.6 is 11.6 Å². The maximum atomic E-state index is 12.5. The van der Waals surface area contributed by atoms with Crippen LogP contribution < -0.4 is 10.1 Å². The molecule has 0 saturated carbocycles. The van der Waals surface area contributed by atoms with Crippen LogP contribution in [0.2, 0.25) is 5.02 Å². The molecule has 0 unspecified atom stereocenters. The van der Waals surface area contributed by atoms with Crippen LogP contribution in [-0.2, 0) is 14.8 Å². The number of ether oxygens (including phenoxy) is 1.